The van der Waals surface area contributed by atoms with Crippen molar-refractivity contribution in [2.45, 2.75) is 6.92 Å². The summed E-state index contributed by atoms with van der Waals surface area (Å²) in [6.45, 7) is 1.69. The van der Waals surface area contributed by atoms with Crippen LogP contribution in [0.1, 0.15) is 16.4 Å². The summed E-state index contributed by atoms with van der Waals surface area (Å²) < 4.78 is 4.74. The molecule has 0 spiro atoms. The Hall–Kier alpha value is -2.38. The van der Waals surface area contributed by atoms with Gasteiger partial charge in [-0.05, 0) is 6.92 Å². The zero-order valence-electron chi connectivity index (χ0n) is 7.70. The van der Waals surface area contributed by atoms with Gasteiger partial charge in [0.2, 0.25) is 5.82 Å². The maximum Gasteiger partial charge on any atom is 0.341 e. The number of hydrogen-bond donors (Lipinski definition) is 3. The molecule has 0 unspecified atom stereocenters. The Kier molecular flexibility index (Phi) is 2.08. The lowest BCUT2D eigenvalue weighted by molar-refractivity contribution is 0.101. The number of nitrogens with one attached hydrogen (secondary N) is 3. The van der Waals surface area contributed by atoms with Crippen LogP contribution in [-0.2, 0) is 0 Å². The van der Waals surface area contributed by atoms with Crippen molar-refractivity contribution in [2.75, 3.05) is 5.32 Å². The van der Waals surface area contributed by atoms with Gasteiger partial charge >= 0.3 is 5.69 Å². The summed E-state index contributed by atoms with van der Waals surface area (Å²) in [4.78, 5) is 24.3. The number of carbonyl (C=O) groups excluding carboxylic acids is 1. The molecule has 3 N–H and O–H groups in total. The van der Waals surface area contributed by atoms with Crippen LogP contribution < -0.4 is 11.0 Å². The molecule has 2 heterocycles. The average Bonchev–Trinajstić information content (AvgIpc) is 2.75. The number of rotatable bonds is 2. The van der Waals surface area contributed by atoms with Gasteiger partial charge in [0.05, 0.1) is 0 Å². The molecular formula is C7H7N5O3. The van der Waals surface area contributed by atoms with Crippen molar-refractivity contribution in [3.63, 3.8) is 0 Å². The number of aryl methyl sites for hydroxylation is 1. The summed E-state index contributed by atoms with van der Waals surface area (Å²) in [6.07, 6.45) is 0. The smallest absolute Gasteiger partial charge is 0.341 e. The maximum absolute atomic E-state index is 11.4. The SMILES string of the molecule is Cc1cc(NC(=O)c2n[nH]c(=O)[nH]2)no1. The number of aromatic amines is 2. The van der Waals surface area contributed by atoms with Gasteiger partial charge in [0, 0.05) is 6.07 Å². The Morgan fingerprint density at radius 1 is 1.60 bits per heavy atom. The van der Waals surface area contributed by atoms with Gasteiger partial charge in [0.25, 0.3) is 5.91 Å². The monoisotopic (exact) mass is 209 g/mol. The van der Waals surface area contributed by atoms with Gasteiger partial charge in [0.1, 0.15) is 5.76 Å². The molecule has 0 fully saturated rings. The second-order valence-corrected chi connectivity index (χ2v) is 2.80. The standard InChI is InChI=1S/C7H7N5O3/c1-3-2-4(12-15-3)8-6(13)5-9-7(14)11-10-5/h2H,1H3,(H,8,12,13)(H2,9,10,11,14). The maximum atomic E-state index is 11.4. The third-order valence-corrected chi connectivity index (χ3v) is 1.59. The van der Waals surface area contributed by atoms with E-state index < -0.39 is 11.6 Å². The van der Waals surface area contributed by atoms with Gasteiger partial charge in [-0.3, -0.25) is 9.78 Å². The summed E-state index contributed by atoms with van der Waals surface area (Å²) in [5, 5.41) is 11.5. The van der Waals surface area contributed by atoms with Crippen LogP contribution in [-0.4, -0.2) is 26.2 Å². The van der Waals surface area contributed by atoms with Crippen LogP contribution in [0.5, 0.6) is 0 Å². The lowest BCUT2D eigenvalue weighted by Crippen LogP contribution is -2.14. The Bertz CT molecular complexity index is 537. The van der Waals surface area contributed by atoms with E-state index in [-0.39, 0.29) is 11.6 Å². The van der Waals surface area contributed by atoms with Crippen molar-refractivity contribution in [3.8, 4) is 0 Å². The summed E-state index contributed by atoms with van der Waals surface area (Å²) in [7, 11) is 0. The number of hydrogen-bond acceptors (Lipinski definition) is 5. The molecule has 1 amide bonds. The van der Waals surface area contributed by atoms with Gasteiger partial charge in [-0.15, -0.1) is 5.10 Å². The van der Waals surface area contributed by atoms with Crippen molar-refractivity contribution < 1.29 is 9.32 Å². The number of anilines is 1. The largest absolute Gasteiger partial charge is 0.360 e. The van der Waals surface area contributed by atoms with Crippen molar-refractivity contribution in [2.24, 2.45) is 0 Å². The minimum absolute atomic E-state index is 0.111. The lowest BCUT2D eigenvalue weighted by Gasteiger charge is -1.94. The van der Waals surface area contributed by atoms with E-state index in [1.165, 1.54) is 0 Å². The van der Waals surface area contributed by atoms with E-state index >= 15 is 0 Å². The molecule has 8 heteroatoms. The number of aromatic nitrogens is 4. The van der Waals surface area contributed by atoms with Crippen LogP contribution in [0.25, 0.3) is 0 Å². The van der Waals surface area contributed by atoms with Crippen molar-refractivity contribution in [3.05, 3.63) is 28.1 Å². The first-order valence-electron chi connectivity index (χ1n) is 4.04. The van der Waals surface area contributed by atoms with Gasteiger partial charge in [-0.1, -0.05) is 5.16 Å². The molecule has 0 aromatic carbocycles. The number of carbonyl (C=O) groups is 1. The second-order valence-electron chi connectivity index (χ2n) is 2.80. The van der Waals surface area contributed by atoms with Gasteiger partial charge < -0.3 is 9.84 Å². The molecule has 0 radical (unpaired) electrons. The molecule has 0 aliphatic heterocycles. The zero-order chi connectivity index (χ0) is 10.8. The number of nitrogens with zero attached hydrogens (tertiary/aromatic N) is 2. The summed E-state index contributed by atoms with van der Waals surface area (Å²) >= 11 is 0. The molecule has 0 saturated heterocycles. The fraction of sp³-hybridized carbons (Fsp3) is 0.143. The highest BCUT2D eigenvalue weighted by molar-refractivity contribution is 6.00. The van der Waals surface area contributed by atoms with E-state index in [0.717, 1.165) is 0 Å². The molecular weight excluding hydrogens is 202 g/mol. The number of H-pyrrole nitrogens is 2. The molecule has 0 aliphatic carbocycles. The highest BCUT2D eigenvalue weighted by Gasteiger charge is 2.11. The molecule has 8 nitrogen and oxygen atoms in total. The Morgan fingerprint density at radius 2 is 2.40 bits per heavy atom. The average molecular weight is 209 g/mol. The Labute approximate surface area is 82.7 Å². The molecule has 2 aromatic heterocycles. The molecule has 0 atom stereocenters. The quantitative estimate of drug-likeness (QED) is 0.624. The molecule has 2 rings (SSSR count). The highest BCUT2D eigenvalue weighted by atomic mass is 16.5. The van der Waals surface area contributed by atoms with Crippen molar-refractivity contribution in [1.29, 1.82) is 0 Å². The fourth-order valence-electron chi connectivity index (χ4n) is 0.978. The van der Waals surface area contributed by atoms with E-state index in [0.29, 0.717) is 5.76 Å². The third-order valence-electron chi connectivity index (χ3n) is 1.59. The normalized spacial score (nSPS) is 10.2. The van der Waals surface area contributed by atoms with E-state index in [4.69, 9.17) is 4.52 Å². The van der Waals surface area contributed by atoms with Crippen LogP contribution >= 0.6 is 0 Å². The van der Waals surface area contributed by atoms with E-state index in [9.17, 15) is 9.59 Å². The highest BCUT2D eigenvalue weighted by Crippen LogP contribution is 2.07. The first-order chi connectivity index (χ1) is 7.15. The van der Waals surface area contributed by atoms with E-state index in [1.807, 2.05) is 0 Å². The predicted molar refractivity (Wildman–Crippen MR) is 48.4 cm³/mol. The zero-order valence-corrected chi connectivity index (χ0v) is 7.70. The third kappa shape index (κ3) is 1.93. The molecule has 15 heavy (non-hydrogen) atoms. The van der Waals surface area contributed by atoms with E-state index in [2.05, 4.69) is 25.7 Å². The topological polar surface area (TPSA) is 117 Å². The lowest BCUT2D eigenvalue weighted by atomic mass is 10.4. The van der Waals surface area contributed by atoms with Crippen LogP contribution in [0.3, 0.4) is 0 Å². The summed E-state index contributed by atoms with van der Waals surface area (Å²) in [5.74, 6) is 0.157. The molecule has 0 aliphatic rings. The van der Waals surface area contributed by atoms with Gasteiger partial charge in [-0.25, -0.2) is 9.89 Å². The second kappa shape index (κ2) is 3.40. The summed E-state index contributed by atoms with van der Waals surface area (Å²) in [6, 6.07) is 1.54. The molecule has 0 bridgehead atoms. The predicted octanol–water partition coefficient (Wildman–Crippen LogP) is -0.353. The van der Waals surface area contributed by atoms with Gasteiger partial charge in [-0.2, -0.15) is 0 Å². The van der Waals surface area contributed by atoms with Crippen LogP contribution in [0, 0.1) is 6.92 Å². The molecule has 78 valence electrons. The van der Waals surface area contributed by atoms with Crippen LogP contribution in [0.2, 0.25) is 0 Å². The minimum atomic E-state index is -0.568. The molecule has 2 aromatic rings. The van der Waals surface area contributed by atoms with Crippen LogP contribution in [0.15, 0.2) is 15.4 Å². The first-order valence-corrected chi connectivity index (χ1v) is 4.04. The summed E-state index contributed by atoms with van der Waals surface area (Å²) in [5.41, 5.74) is -0.545. The Morgan fingerprint density at radius 3 is 2.93 bits per heavy atom. The Balaban J connectivity index is 2.13. The van der Waals surface area contributed by atoms with Crippen molar-refractivity contribution >= 4 is 11.7 Å². The minimum Gasteiger partial charge on any atom is -0.360 e. The number of amides is 1. The van der Waals surface area contributed by atoms with Gasteiger partial charge in [0.15, 0.2) is 5.82 Å². The first kappa shape index (κ1) is 9.19. The van der Waals surface area contributed by atoms with E-state index in [1.54, 1.807) is 13.0 Å². The van der Waals surface area contributed by atoms with Crippen molar-refractivity contribution in [1.82, 2.24) is 20.3 Å². The molecule has 0 saturated carbocycles. The fourth-order valence-corrected chi connectivity index (χ4v) is 0.978. The van der Waals surface area contributed by atoms with Crippen LogP contribution in [0.4, 0.5) is 5.82 Å².